The lowest BCUT2D eigenvalue weighted by Gasteiger charge is -2.17. The second-order valence-corrected chi connectivity index (χ2v) is 5.57. The lowest BCUT2D eigenvalue weighted by atomic mass is 10.4. The van der Waals surface area contributed by atoms with Gasteiger partial charge in [-0.3, -0.25) is 9.36 Å². The zero-order valence-corrected chi connectivity index (χ0v) is 12.6. The van der Waals surface area contributed by atoms with E-state index in [0.717, 1.165) is 9.46 Å². The summed E-state index contributed by atoms with van der Waals surface area (Å²) in [7, 11) is 1.53. The summed E-state index contributed by atoms with van der Waals surface area (Å²) in [6, 6.07) is 5.79. The van der Waals surface area contributed by atoms with Gasteiger partial charge in [-0.15, -0.1) is 11.8 Å². The Balaban J connectivity index is 1.89. The monoisotopic (exact) mass is 329 g/mol. The molecule has 0 saturated carbocycles. The quantitative estimate of drug-likeness (QED) is 0.764. The van der Waals surface area contributed by atoms with Crippen LogP contribution in [0.3, 0.4) is 0 Å². The first-order valence-electron chi connectivity index (χ1n) is 6.39. The summed E-state index contributed by atoms with van der Waals surface area (Å²) in [6.45, 7) is -2.69. The normalized spacial score (nSPS) is 11.0. The minimum Gasteiger partial charge on any atom is -0.338 e. The Hall–Kier alpha value is -1.96. The molecule has 118 valence electrons. The number of rotatable bonds is 6. The lowest BCUT2D eigenvalue weighted by molar-refractivity contribution is -0.127. The summed E-state index contributed by atoms with van der Waals surface area (Å²) in [5.74, 6) is -0.306. The van der Waals surface area contributed by atoms with E-state index in [2.05, 4.69) is 4.98 Å². The molecular weight excluding hydrogens is 315 g/mol. The Morgan fingerprint density at radius 2 is 2.05 bits per heavy atom. The van der Waals surface area contributed by atoms with E-state index in [1.807, 2.05) is 0 Å². The number of thioether (sulfide) groups is 1. The Morgan fingerprint density at radius 1 is 1.36 bits per heavy atom. The maximum atomic E-state index is 12.8. The predicted octanol–water partition coefficient (Wildman–Crippen LogP) is 3.17. The molecule has 0 radical (unpaired) electrons. The molecule has 8 heteroatoms. The molecule has 0 aliphatic rings. The zero-order chi connectivity index (χ0) is 16.1. The van der Waals surface area contributed by atoms with E-state index in [1.165, 1.54) is 48.2 Å². The summed E-state index contributed by atoms with van der Waals surface area (Å²) in [6.07, 6.45) is 2.44. The summed E-state index contributed by atoms with van der Waals surface area (Å²) in [5.41, 5.74) is 0. The number of nitrogens with zero attached hydrogens (tertiary/aromatic N) is 3. The van der Waals surface area contributed by atoms with Gasteiger partial charge in [0.1, 0.15) is 11.6 Å². The first kappa shape index (κ1) is 16.4. The molecule has 1 amide bonds. The molecule has 2 aromatic rings. The van der Waals surface area contributed by atoms with Crippen molar-refractivity contribution >= 4 is 17.7 Å². The number of alkyl halides is 2. The number of carbonyl (C=O) groups is 1. The Kier molecular flexibility index (Phi) is 5.48. The van der Waals surface area contributed by atoms with Crippen molar-refractivity contribution in [3.05, 3.63) is 48.3 Å². The van der Waals surface area contributed by atoms with E-state index in [9.17, 15) is 18.0 Å². The minimum absolute atomic E-state index is 0.000150. The molecule has 0 N–H and O–H groups in total. The van der Waals surface area contributed by atoms with E-state index in [-0.39, 0.29) is 29.8 Å². The first-order valence-corrected chi connectivity index (χ1v) is 7.38. The molecule has 22 heavy (non-hydrogen) atoms. The van der Waals surface area contributed by atoms with Crippen LogP contribution in [0, 0.1) is 5.82 Å². The predicted molar refractivity (Wildman–Crippen MR) is 77.1 cm³/mol. The Labute approximate surface area is 129 Å². The molecule has 0 aliphatic heterocycles. The van der Waals surface area contributed by atoms with Gasteiger partial charge in [0.2, 0.25) is 5.91 Å². The van der Waals surface area contributed by atoms with E-state index >= 15 is 0 Å². The second-order valence-electron chi connectivity index (χ2n) is 4.52. The highest BCUT2D eigenvalue weighted by Crippen LogP contribution is 2.19. The van der Waals surface area contributed by atoms with E-state index < -0.39 is 6.55 Å². The molecule has 4 nitrogen and oxygen atoms in total. The van der Waals surface area contributed by atoms with Crippen molar-refractivity contribution in [1.82, 2.24) is 14.5 Å². The lowest BCUT2D eigenvalue weighted by Crippen LogP contribution is -2.29. The van der Waals surface area contributed by atoms with Crippen LogP contribution < -0.4 is 0 Å². The van der Waals surface area contributed by atoms with Crippen molar-refractivity contribution < 1.29 is 18.0 Å². The SMILES string of the molecule is CN(Cc1nccn1C(F)F)C(=O)CSc1ccc(F)cc1. The van der Waals surface area contributed by atoms with Gasteiger partial charge in [-0.05, 0) is 24.3 Å². The van der Waals surface area contributed by atoms with Gasteiger partial charge < -0.3 is 4.90 Å². The average molecular weight is 329 g/mol. The van der Waals surface area contributed by atoms with Gasteiger partial charge in [-0.2, -0.15) is 8.78 Å². The fourth-order valence-corrected chi connectivity index (χ4v) is 2.57. The van der Waals surface area contributed by atoms with Crippen molar-refractivity contribution in [1.29, 1.82) is 0 Å². The number of imidazole rings is 1. The molecule has 0 aliphatic carbocycles. The van der Waals surface area contributed by atoms with Gasteiger partial charge in [0, 0.05) is 24.3 Å². The number of amides is 1. The minimum atomic E-state index is -2.69. The van der Waals surface area contributed by atoms with Crippen LogP contribution in [0.15, 0.2) is 41.6 Å². The van der Waals surface area contributed by atoms with Crippen molar-refractivity contribution in [2.45, 2.75) is 18.0 Å². The average Bonchev–Trinajstić information content (AvgIpc) is 2.94. The number of aromatic nitrogens is 2. The molecular formula is C14H14F3N3OS. The van der Waals surface area contributed by atoms with Crippen LogP contribution in [-0.4, -0.2) is 33.2 Å². The smallest absolute Gasteiger partial charge is 0.319 e. The number of benzene rings is 1. The van der Waals surface area contributed by atoms with Gasteiger partial charge in [-0.1, -0.05) is 0 Å². The fraction of sp³-hybridized carbons (Fsp3) is 0.286. The second kappa shape index (κ2) is 7.35. The van der Waals surface area contributed by atoms with Crippen LogP contribution >= 0.6 is 11.8 Å². The van der Waals surface area contributed by atoms with E-state index in [0.29, 0.717) is 0 Å². The highest BCUT2D eigenvalue weighted by Gasteiger charge is 2.16. The standard InChI is InChI=1S/C14H14F3N3OS/c1-19(8-12-18-6-7-20(12)14(16)17)13(21)9-22-11-4-2-10(15)3-5-11/h2-7,14H,8-9H2,1H3. The Morgan fingerprint density at radius 3 is 2.68 bits per heavy atom. The molecule has 0 spiro atoms. The molecule has 0 atom stereocenters. The van der Waals surface area contributed by atoms with Gasteiger partial charge in [0.25, 0.3) is 0 Å². The van der Waals surface area contributed by atoms with Crippen LogP contribution in [0.2, 0.25) is 0 Å². The van der Waals surface area contributed by atoms with E-state index in [1.54, 1.807) is 12.1 Å². The van der Waals surface area contributed by atoms with Crippen LogP contribution in [0.25, 0.3) is 0 Å². The van der Waals surface area contributed by atoms with E-state index in [4.69, 9.17) is 0 Å². The van der Waals surface area contributed by atoms with Crippen LogP contribution in [0.5, 0.6) is 0 Å². The summed E-state index contributed by atoms with van der Waals surface area (Å²) < 4.78 is 38.9. The van der Waals surface area contributed by atoms with Crippen molar-refractivity contribution in [2.24, 2.45) is 0 Å². The van der Waals surface area contributed by atoms with Crippen LogP contribution in [0.4, 0.5) is 13.2 Å². The largest absolute Gasteiger partial charge is 0.338 e. The highest BCUT2D eigenvalue weighted by molar-refractivity contribution is 8.00. The number of carbonyl (C=O) groups excluding carboxylic acids is 1. The third kappa shape index (κ3) is 4.27. The molecule has 0 fully saturated rings. The summed E-state index contributed by atoms with van der Waals surface area (Å²) in [4.78, 5) is 17.9. The maximum absolute atomic E-state index is 12.8. The molecule has 1 aromatic heterocycles. The molecule has 0 unspecified atom stereocenters. The van der Waals surface area contributed by atoms with Gasteiger partial charge in [-0.25, -0.2) is 9.37 Å². The van der Waals surface area contributed by atoms with Crippen LogP contribution in [-0.2, 0) is 11.3 Å². The number of hydrogen-bond acceptors (Lipinski definition) is 3. The number of hydrogen-bond donors (Lipinski definition) is 0. The van der Waals surface area contributed by atoms with Crippen molar-refractivity contribution in [3.63, 3.8) is 0 Å². The molecule has 0 saturated heterocycles. The third-order valence-corrected chi connectivity index (χ3v) is 3.94. The van der Waals surface area contributed by atoms with Gasteiger partial charge in [0.05, 0.1) is 12.3 Å². The highest BCUT2D eigenvalue weighted by atomic mass is 32.2. The summed E-state index contributed by atoms with van der Waals surface area (Å²) >= 11 is 1.26. The summed E-state index contributed by atoms with van der Waals surface area (Å²) in [5, 5.41) is 0. The molecule has 0 bridgehead atoms. The molecule has 1 heterocycles. The first-order chi connectivity index (χ1) is 10.5. The van der Waals surface area contributed by atoms with Crippen LogP contribution in [0.1, 0.15) is 12.4 Å². The fourth-order valence-electron chi connectivity index (χ4n) is 1.73. The molecule has 1 aromatic carbocycles. The van der Waals surface area contributed by atoms with Gasteiger partial charge in [0.15, 0.2) is 0 Å². The maximum Gasteiger partial charge on any atom is 0.319 e. The Bertz CT molecular complexity index is 631. The molecule has 2 rings (SSSR count). The van der Waals surface area contributed by atoms with Crippen molar-refractivity contribution in [3.8, 4) is 0 Å². The third-order valence-electron chi connectivity index (χ3n) is 2.94. The zero-order valence-electron chi connectivity index (χ0n) is 11.7. The topological polar surface area (TPSA) is 38.1 Å². The number of halogens is 3. The van der Waals surface area contributed by atoms with Crippen molar-refractivity contribution in [2.75, 3.05) is 12.8 Å². The van der Waals surface area contributed by atoms with Gasteiger partial charge >= 0.3 is 6.55 Å².